The molecule has 6 heteroatoms. The van der Waals surface area contributed by atoms with Gasteiger partial charge in [0.25, 0.3) is 5.91 Å². The van der Waals surface area contributed by atoms with Crippen molar-refractivity contribution in [1.29, 1.82) is 0 Å². The number of nitrogens with zero attached hydrogens (tertiary/aromatic N) is 2. The average Bonchev–Trinajstić information content (AvgIpc) is 3.11. The molecule has 6 nitrogen and oxygen atoms in total. The van der Waals surface area contributed by atoms with Gasteiger partial charge in [-0.25, -0.2) is 0 Å². The summed E-state index contributed by atoms with van der Waals surface area (Å²) in [6.45, 7) is 8.06. The molecule has 0 bridgehead atoms. The van der Waals surface area contributed by atoms with Crippen LogP contribution in [0.3, 0.4) is 0 Å². The lowest BCUT2D eigenvalue weighted by Crippen LogP contribution is -2.53. The second kappa shape index (κ2) is 10.3. The molecule has 1 aliphatic rings. The summed E-state index contributed by atoms with van der Waals surface area (Å²) in [5.41, 5.74) is 3.39. The number of aryl methyl sites for hydroxylation is 1. The maximum Gasteiger partial charge on any atom is 0.259 e. The van der Waals surface area contributed by atoms with E-state index in [-0.39, 0.29) is 30.3 Å². The number of carbonyl (C=O) groups is 3. The predicted octanol–water partition coefficient (Wildman–Crippen LogP) is 4.83. The Kier molecular flexibility index (Phi) is 7.20. The maximum absolute atomic E-state index is 13.8. The molecule has 0 fully saturated rings. The van der Waals surface area contributed by atoms with Gasteiger partial charge >= 0.3 is 0 Å². The van der Waals surface area contributed by atoms with Crippen LogP contribution in [-0.2, 0) is 16.1 Å². The third kappa shape index (κ3) is 4.92. The Morgan fingerprint density at radius 2 is 1.71 bits per heavy atom. The second-order valence-corrected chi connectivity index (χ2v) is 9.32. The summed E-state index contributed by atoms with van der Waals surface area (Å²) in [4.78, 5) is 43.5. The molecular formula is C29H33N3O3. The minimum atomic E-state index is -0.632. The van der Waals surface area contributed by atoms with Gasteiger partial charge in [0.1, 0.15) is 12.6 Å². The summed E-state index contributed by atoms with van der Waals surface area (Å²) in [5, 5.41) is 4.88. The summed E-state index contributed by atoms with van der Waals surface area (Å²) >= 11 is 0. The molecule has 0 saturated heterocycles. The first-order valence-electron chi connectivity index (χ1n) is 12.3. The summed E-state index contributed by atoms with van der Waals surface area (Å²) in [7, 11) is 0. The van der Waals surface area contributed by atoms with E-state index in [0.717, 1.165) is 34.0 Å². The number of hydrogen-bond donors (Lipinski definition) is 1. The van der Waals surface area contributed by atoms with E-state index in [4.69, 9.17) is 0 Å². The molecule has 182 valence electrons. The van der Waals surface area contributed by atoms with E-state index in [0.29, 0.717) is 18.5 Å². The Morgan fingerprint density at radius 1 is 1.00 bits per heavy atom. The van der Waals surface area contributed by atoms with Crippen molar-refractivity contribution in [3.05, 3.63) is 77.4 Å². The van der Waals surface area contributed by atoms with Crippen molar-refractivity contribution >= 4 is 34.2 Å². The summed E-state index contributed by atoms with van der Waals surface area (Å²) in [6, 6.07) is 18.7. The van der Waals surface area contributed by atoms with E-state index in [2.05, 4.69) is 5.32 Å². The first-order chi connectivity index (χ1) is 16.8. The van der Waals surface area contributed by atoms with Crippen molar-refractivity contribution in [2.75, 3.05) is 11.4 Å². The van der Waals surface area contributed by atoms with Gasteiger partial charge in [0.15, 0.2) is 0 Å². The molecule has 0 radical (unpaired) electrons. The number of nitrogens with one attached hydrogen (secondary N) is 1. The molecule has 1 aliphatic heterocycles. The van der Waals surface area contributed by atoms with E-state index in [1.54, 1.807) is 15.9 Å². The van der Waals surface area contributed by atoms with E-state index in [1.807, 2.05) is 82.3 Å². The van der Waals surface area contributed by atoms with Gasteiger partial charge in [0, 0.05) is 23.5 Å². The van der Waals surface area contributed by atoms with Crippen LogP contribution >= 0.6 is 0 Å². The SMILES string of the molecule is CC[C@H](C)NC(=O)[C@H](CC)N(Cc1cccc(C)c1)C(=O)CN1C(=O)c2cccc3cccc1c23. The number of hydrogen-bond acceptors (Lipinski definition) is 3. The third-order valence-electron chi connectivity index (χ3n) is 6.76. The molecule has 0 aromatic heterocycles. The van der Waals surface area contributed by atoms with Crippen LogP contribution in [0.15, 0.2) is 60.7 Å². The van der Waals surface area contributed by atoms with Crippen LogP contribution in [0.5, 0.6) is 0 Å². The molecule has 3 amide bonds. The normalized spacial score (nSPS) is 14.2. The van der Waals surface area contributed by atoms with Crippen LogP contribution < -0.4 is 10.2 Å². The molecule has 0 saturated carbocycles. The van der Waals surface area contributed by atoms with Crippen LogP contribution in [0.25, 0.3) is 10.8 Å². The molecule has 0 spiro atoms. The Balaban J connectivity index is 1.65. The van der Waals surface area contributed by atoms with E-state index >= 15 is 0 Å². The zero-order valence-corrected chi connectivity index (χ0v) is 20.9. The number of rotatable bonds is 9. The highest BCUT2D eigenvalue weighted by molar-refractivity contribution is 6.26. The highest BCUT2D eigenvalue weighted by Gasteiger charge is 2.35. The highest BCUT2D eigenvalue weighted by Crippen LogP contribution is 2.37. The fraction of sp³-hybridized carbons (Fsp3) is 0.345. The van der Waals surface area contributed by atoms with Crippen molar-refractivity contribution in [1.82, 2.24) is 10.2 Å². The molecule has 35 heavy (non-hydrogen) atoms. The van der Waals surface area contributed by atoms with Crippen LogP contribution in [0, 0.1) is 6.92 Å². The number of amides is 3. The van der Waals surface area contributed by atoms with E-state index in [9.17, 15) is 14.4 Å². The first-order valence-corrected chi connectivity index (χ1v) is 12.3. The molecule has 1 N–H and O–H groups in total. The lowest BCUT2D eigenvalue weighted by Gasteiger charge is -2.33. The van der Waals surface area contributed by atoms with Crippen LogP contribution in [0.4, 0.5) is 5.69 Å². The summed E-state index contributed by atoms with van der Waals surface area (Å²) in [6.07, 6.45) is 1.28. The minimum absolute atomic E-state index is 0.0136. The second-order valence-electron chi connectivity index (χ2n) is 9.32. The Labute approximate surface area is 206 Å². The van der Waals surface area contributed by atoms with Crippen molar-refractivity contribution < 1.29 is 14.4 Å². The standard InChI is InChI=1S/C29H33N3O3/c1-5-20(4)30-28(34)24(6-2)31(17-21-11-7-10-19(3)16-21)26(33)18-32-25-15-9-13-22-12-8-14-23(27(22)25)29(32)35/h7-16,20,24H,5-6,17-18H2,1-4H3,(H,30,34)/t20-,24-/m0/s1. The monoisotopic (exact) mass is 471 g/mol. The van der Waals surface area contributed by atoms with Gasteiger partial charge in [0.2, 0.25) is 11.8 Å². The van der Waals surface area contributed by atoms with Crippen molar-refractivity contribution in [2.45, 2.75) is 59.2 Å². The number of carbonyl (C=O) groups excluding carboxylic acids is 3. The Hall–Kier alpha value is -3.67. The van der Waals surface area contributed by atoms with E-state index in [1.165, 1.54) is 0 Å². The summed E-state index contributed by atoms with van der Waals surface area (Å²) in [5.74, 6) is -0.602. The zero-order chi connectivity index (χ0) is 25.1. The van der Waals surface area contributed by atoms with Gasteiger partial charge in [-0.05, 0) is 49.8 Å². The minimum Gasteiger partial charge on any atom is -0.352 e. The molecule has 0 unspecified atom stereocenters. The van der Waals surface area contributed by atoms with Crippen LogP contribution in [0.2, 0.25) is 0 Å². The lowest BCUT2D eigenvalue weighted by molar-refractivity contribution is -0.140. The lowest BCUT2D eigenvalue weighted by atomic mass is 10.1. The van der Waals surface area contributed by atoms with Crippen LogP contribution in [-0.4, -0.2) is 41.2 Å². The molecule has 3 aromatic carbocycles. The molecule has 0 aliphatic carbocycles. The van der Waals surface area contributed by atoms with Crippen LogP contribution in [0.1, 0.15) is 55.1 Å². The average molecular weight is 472 g/mol. The molecular weight excluding hydrogens is 438 g/mol. The quantitative estimate of drug-likeness (QED) is 0.486. The molecule has 2 atom stereocenters. The van der Waals surface area contributed by atoms with Crippen molar-refractivity contribution in [2.24, 2.45) is 0 Å². The van der Waals surface area contributed by atoms with Crippen molar-refractivity contribution in [3.8, 4) is 0 Å². The smallest absolute Gasteiger partial charge is 0.259 e. The van der Waals surface area contributed by atoms with Gasteiger partial charge in [0.05, 0.1) is 5.69 Å². The molecule has 3 aromatic rings. The fourth-order valence-corrected chi connectivity index (χ4v) is 4.73. The predicted molar refractivity (Wildman–Crippen MR) is 139 cm³/mol. The zero-order valence-electron chi connectivity index (χ0n) is 20.9. The van der Waals surface area contributed by atoms with Crippen molar-refractivity contribution in [3.63, 3.8) is 0 Å². The largest absolute Gasteiger partial charge is 0.352 e. The van der Waals surface area contributed by atoms with Gasteiger partial charge in [-0.1, -0.05) is 67.9 Å². The Bertz CT molecular complexity index is 1260. The third-order valence-corrected chi connectivity index (χ3v) is 6.76. The first kappa shape index (κ1) is 24.5. The topological polar surface area (TPSA) is 69.7 Å². The highest BCUT2D eigenvalue weighted by atomic mass is 16.2. The summed E-state index contributed by atoms with van der Waals surface area (Å²) < 4.78 is 0. The number of benzene rings is 3. The van der Waals surface area contributed by atoms with Gasteiger partial charge < -0.3 is 10.2 Å². The Morgan fingerprint density at radius 3 is 2.40 bits per heavy atom. The van der Waals surface area contributed by atoms with E-state index < -0.39 is 6.04 Å². The van der Waals surface area contributed by atoms with Gasteiger partial charge in [-0.2, -0.15) is 0 Å². The van der Waals surface area contributed by atoms with Gasteiger partial charge in [-0.3, -0.25) is 19.3 Å². The molecule has 1 heterocycles. The molecule has 4 rings (SSSR count). The van der Waals surface area contributed by atoms with Gasteiger partial charge in [-0.15, -0.1) is 0 Å². The number of anilines is 1. The maximum atomic E-state index is 13.8. The fourth-order valence-electron chi connectivity index (χ4n) is 4.73.